The van der Waals surface area contributed by atoms with Gasteiger partial charge in [0.25, 0.3) is 11.8 Å². The molecule has 1 aliphatic heterocycles. The normalized spacial score (nSPS) is 14.5. The van der Waals surface area contributed by atoms with Gasteiger partial charge < -0.3 is 4.74 Å². The molecule has 3 aromatic carbocycles. The smallest absolute Gasteiger partial charge is 0.311 e. The second-order valence-corrected chi connectivity index (χ2v) is 7.25. The van der Waals surface area contributed by atoms with Crippen LogP contribution in [-0.4, -0.2) is 16.7 Å². The van der Waals surface area contributed by atoms with Crippen LogP contribution in [0.2, 0.25) is 5.02 Å². The molecule has 0 atom stereocenters. The molecule has 1 heterocycles. The van der Waals surface area contributed by atoms with Gasteiger partial charge in [0.05, 0.1) is 10.6 Å². The van der Waals surface area contributed by atoms with E-state index in [9.17, 15) is 19.7 Å². The number of nitro groups is 1. The van der Waals surface area contributed by atoms with Gasteiger partial charge in [-0.15, -0.1) is 0 Å². The van der Waals surface area contributed by atoms with Gasteiger partial charge in [-0.3, -0.25) is 25.1 Å². The minimum absolute atomic E-state index is 0.0465. The molecule has 4 rings (SSSR count). The molecule has 0 aromatic heterocycles. The summed E-state index contributed by atoms with van der Waals surface area (Å²) in [5, 5.41) is 13.2. The number of hydrogen-bond acceptors (Lipinski definition) is 5. The average molecular weight is 450 g/mol. The van der Waals surface area contributed by atoms with Crippen molar-refractivity contribution in [1.82, 2.24) is 5.43 Å². The number of halogens is 1. The van der Waals surface area contributed by atoms with Gasteiger partial charge in [0.15, 0.2) is 5.75 Å². The Labute approximate surface area is 187 Å². The van der Waals surface area contributed by atoms with Crippen molar-refractivity contribution in [2.24, 2.45) is 0 Å². The number of rotatable bonds is 6. The lowest BCUT2D eigenvalue weighted by Gasteiger charge is -2.13. The van der Waals surface area contributed by atoms with Gasteiger partial charge in [-0.1, -0.05) is 54.1 Å². The summed E-state index contributed by atoms with van der Waals surface area (Å²) < 4.78 is 5.61. The Balaban J connectivity index is 1.59. The lowest BCUT2D eigenvalue weighted by molar-refractivity contribution is -0.386. The van der Waals surface area contributed by atoms with Crippen LogP contribution in [0.15, 0.2) is 78.4 Å². The molecule has 0 saturated carbocycles. The molecule has 0 aliphatic carbocycles. The zero-order valence-corrected chi connectivity index (χ0v) is 17.3. The summed E-state index contributed by atoms with van der Waals surface area (Å²) in [6.07, 6.45) is 1.31. The highest BCUT2D eigenvalue weighted by molar-refractivity contribution is 6.32. The fraction of sp³-hybridized carbons (Fsp3) is 0.0435. The predicted molar refractivity (Wildman–Crippen MR) is 119 cm³/mol. The fourth-order valence-corrected chi connectivity index (χ4v) is 3.33. The third-order valence-electron chi connectivity index (χ3n) is 4.74. The number of amides is 2. The maximum atomic E-state index is 12.7. The van der Waals surface area contributed by atoms with Crippen LogP contribution in [0.3, 0.4) is 0 Å². The summed E-state index contributed by atoms with van der Waals surface area (Å²) in [5.41, 5.74) is 3.56. The number of ether oxygens (including phenoxy) is 1. The van der Waals surface area contributed by atoms with Crippen LogP contribution < -0.4 is 15.2 Å². The number of nitrogens with zero attached hydrogens (tertiary/aromatic N) is 2. The Kier molecular flexibility index (Phi) is 5.87. The third-order valence-corrected chi connectivity index (χ3v) is 5.11. The first-order valence-corrected chi connectivity index (χ1v) is 9.88. The highest BCUT2D eigenvalue weighted by Gasteiger charge is 2.34. The molecule has 32 heavy (non-hydrogen) atoms. The summed E-state index contributed by atoms with van der Waals surface area (Å²) in [6.45, 7) is 0.0495. The van der Waals surface area contributed by atoms with Gasteiger partial charge in [-0.25, -0.2) is 5.01 Å². The number of nitrogens with one attached hydrogen (secondary N) is 1. The van der Waals surface area contributed by atoms with E-state index in [0.717, 1.165) is 5.01 Å². The van der Waals surface area contributed by atoms with Crippen LogP contribution in [0.4, 0.5) is 11.4 Å². The van der Waals surface area contributed by atoms with Crippen LogP contribution in [0.1, 0.15) is 11.1 Å². The molecule has 0 unspecified atom stereocenters. The van der Waals surface area contributed by atoms with E-state index in [4.69, 9.17) is 16.3 Å². The van der Waals surface area contributed by atoms with Crippen molar-refractivity contribution in [1.29, 1.82) is 0 Å². The molecule has 1 aliphatic rings. The molecule has 9 heteroatoms. The largest absolute Gasteiger partial charge is 0.482 e. The van der Waals surface area contributed by atoms with Gasteiger partial charge in [0.1, 0.15) is 12.2 Å². The first-order valence-electron chi connectivity index (χ1n) is 9.51. The molecule has 1 saturated heterocycles. The molecule has 8 nitrogen and oxygen atoms in total. The Morgan fingerprint density at radius 3 is 2.47 bits per heavy atom. The summed E-state index contributed by atoms with van der Waals surface area (Å²) in [7, 11) is 0. The first-order chi connectivity index (χ1) is 15.4. The van der Waals surface area contributed by atoms with Crippen LogP contribution in [0, 0.1) is 10.1 Å². The molecule has 160 valence electrons. The van der Waals surface area contributed by atoms with Crippen molar-refractivity contribution in [3.63, 3.8) is 0 Å². The molecular weight excluding hydrogens is 434 g/mol. The molecule has 2 amide bonds. The molecular formula is C23H16ClN3O5. The first kappa shape index (κ1) is 21.1. The van der Waals surface area contributed by atoms with E-state index >= 15 is 0 Å². The van der Waals surface area contributed by atoms with Crippen LogP contribution in [-0.2, 0) is 16.2 Å². The van der Waals surface area contributed by atoms with Crippen molar-refractivity contribution in [2.45, 2.75) is 6.61 Å². The lowest BCUT2D eigenvalue weighted by Crippen LogP contribution is -2.35. The summed E-state index contributed by atoms with van der Waals surface area (Å²) >= 11 is 6.10. The number of para-hydroxylation sites is 1. The lowest BCUT2D eigenvalue weighted by atomic mass is 10.1. The highest BCUT2D eigenvalue weighted by atomic mass is 35.5. The molecule has 0 bridgehead atoms. The van der Waals surface area contributed by atoms with E-state index in [-0.39, 0.29) is 23.6 Å². The quantitative estimate of drug-likeness (QED) is 0.262. The Morgan fingerprint density at radius 1 is 1.03 bits per heavy atom. The maximum absolute atomic E-state index is 12.7. The number of benzene rings is 3. The maximum Gasteiger partial charge on any atom is 0.311 e. The second-order valence-electron chi connectivity index (χ2n) is 6.84. The van der Waals surface area contributed by atoms with E-state index in [1.165, 1.54) is 24.3 Å². The molecule has 1 fully saturated rings. The minimum atomic E-state index is -0.597. The van der Waals surface area contributed by atoms with Crippen LogP contribution in [0.5, 0.6) is 5.75 Å². The number of hydrazine groups is 1. The monoisotopic (exact) mass is 449 g/mol. The van der Waals surface area contributed by atoms with Gasteiger partial charge in [-0.2, -0.15) is 0 Å². The van der Waals surface area contributed by atoms with Crippen LogP contribution >= 0.6 is 11.6 Å². The SMILES string of the molecule is O=C1NN(c2ccccc2)C(=O)/C1=C\c1ccc(OCc2ccccc2Cl)c([N+](=O)[O-])c1. The Bertz CT molecular complexity index is 1240. The van der Waals surface area contributed by atoms with Gasteiger partial charge in [0, 0.05) is 16.7 Å². The number of carbonyl (C=O) groups is 2. The number of carbonyl (C=O) groups excluding carboxylic acids is 2. The van der Waals surface area contributed by atoms with Gasteiger partial charge >= 0.3 is 5.69 Å². The highest BCUT2D eigenvalue weighted by Crippen LogP contribution is 2.31. The van der Waals surface area contributed by atoms with Crippen molar-refractivity contribution in [2.75, 3.05) is 5.01 Å². The van der Waals surface area contributed by atoms with E-state index in [1.54, 1.807) is 54.6 Å². The minimum Gasteiger partial charge on any atom is -0.482 e. The van der Waals surface area contributed by atoms with E-state index in [0.29, 0.717) is 21.8 Å². The zero-order valence-electron chi connectivity index (χ0n) is 16.5. The number of anilines is 1. The fourth-order valence-electron chi connectivity index (χ4n) is 3.14. The Hall–Kier alpha value is -4.17. The van der Waals surface area contributed by atoms with E-state index in [2.05, 4.69) is 5.43 Å². The van der Waals surface area contributed by atoms with Crippen molar-refractivity contribution in [3.05, 3.63) is 105 Å². The summed E-state index contributed by atoms with van der Waals surface area (Å²) in [5.74, 6) is -1.10. The van der Waals surface area contributed by atoms with Gasteiger partial charge in [-0.05, 0) is 35.9 Å². The van der Waals surface area contributed by atoms with Gasteiger partial charge in [0.2, 0.25) is 0 Å². The van der Waals surface area contributed by atoms with Crippen molar-refractivity contribution >= 4 is 40.9 Å². The predicted octanol–water partition coefficient (Wildman–Crippen LogP) is 4.29. The number of nitro benzene ring substituents is 1. The topological polar surface area (TPSA) is 102 Å². The standard InChI is InChI=1S/C23H16ClN3O5/c24-19-9-5-4-6-16(19)14-32-21-11-10-15(13-20(21)27(30)31)12-18-22(28)25-26(23(18)29)17-7-2-1-3-8-17/h1-13H,14H2,(H,25,28)/b18-12-. The number of hydrogen-bond donors (Lipinski definition) is 1. The second kappa shape index (κ2) is 8.91. The van der Waals surface area contributed by atoms with E-state index < -0.39 is 16.7 Å². The van der Waals surface area contributed by atoms with E-state index in [1.807, 2.05) is 0 Å². The summed E-state index contributed by atoms with van der Waals surface area (Å²) in [6, 6.07) is 19.9. The third kappa shape index (κ3) is 4.30. The zero-order chi connectivity index (χ0) is 22.7. The molecule has 1 N–H and O–H groups in total. The molecule has 3 aromatic rings. The van der Waals surface area contributed by atoms with Crippen LogP contribution in [0.25, 0.3) is 6.08 Å². The van der Waals surface area contributed by atoms with Crippen molar-refractivity contribution in [3.8, 4) is 5.75 Å². The summed E-state index contributed by atoms with van der Waals surface area (Å²) in [4.78, 5) is 36.0. The molecule has 0 radical (unpaired) electrons. The van der Waals surface area contributed by atoms with Crippen molar-refractivity contribution < 1.29 is 19.2 Å². The Morgan fingerprint density at radius 2 is 1.75 bits per heavy atom. The molecule has 0 spiro atoms. The average Bonchev–Trinajstić information content (AvgIpc) is 3.08.